The Bertz CT molecular complexity index is 490. The molecule has 0 aromatic carbocycles. The fourth-order valence-electron chi connectivity index (χ4n) is 2.81. The summed E-state index contributed by atoms with van der Waals surface area (Å²) in [5, 5.41) is 2.11. The highest BCUT2D eigenvalue weighted by atomic mass is 16.4. The number of rotatable bonds is 1. The smallest absolute Gasteiger partial charge is 0.213 e. The van der Waals surface area contributed by atoms with Gasteiger partial charge >= 0.3 is 0 Å². The van der Waals surface area contributed by atoms with Crippen LogP contribution in [0, 0.1) is 5.41 Å². The summed E-state index contributed by atoms with van der Waals surface area (Å²) in [4.78, 5) is 4.65. The van der Waals surface area contributed by atoms with Gasteiger partial charge in [0.1, 0.15) is 17.5 Å². The van der Waals surface area contributed by atoms with Crippen molar-refractivity contribution in [2.45, 2.75) is 59.5 Å². The monoisotopic (exact) mass is 277 g/mol. The Morgan fingerprint density at radius 1 is 1.40 bits per heavy atom. The third-order valence-electron chi connectivity index (χ3n) is 3.81. The molecule has 2 unspecified atom stereocenters. The number of nitrogens with one attached hydrogen (secondary N) is 1. The molecule has 0 spiro atoms. The molecule has 0 bridgehead atoms. The largest absolute Gasteiger partial charge is 0.443 e. The van der Waals surface area contributed by atoms with Gasteiger partial charge in [0.05, 0.1) is 0 Å². The summed E-state index contributed by atoms with van der Waals surface area (Å²) < 4.78 is 6.00. The molecule has 112 valence electrons. The van der Waals surface area contributed by atoms with Crippen molar-refractivity contribution in [2.24, 2.45) is 5.41 Å². The van der Waals surface area contributed by atoms with Gasteiger partial charge < -0.3 is 4.42 Å². The van der Waals surface area contributed by atoms with Gasteiger partial charge in [-0.15, -0.1) is 0 Å². The van der Waals surface area contributed by atoms with Crippen molar-refractivity contribution in [3.05, 3.63) is 23.4 Å². The Labute approximate surface area is 122 Å². The number of nitrogens with zero attached hydrogens (tertiary/aromatic N) is 2. The van der Waals surface area contributed by atoms with Crippen molar-refractivity contribution in [1.82, 2.24) is 15.4 Å². The maximum atomic E-state index is 6.00. The molecule has 4 heteroatoms. The molecule has 1 aliphatic heterocycles. The van der Waals surface area contributed by atoms with Crippen LogP contribution in [0.4, 0.5) is 0 Å². The Morgan fingerprint density at radius 2 is 2.10 bits per heavy atom. The normalized spacial score (nSPS) is 27.9. The highest BCUT2D eigenvalue weighted by Crippen LogP contribution is 2.35. The average Bonchev–Trinajstić information content (AvgIpc) is 2.93. The Morgan fingerprint density at radius 3 is 2.70 bits per heavy atom. The molecule has 1 aliphatic carbocycles. The van der Waals surface area contributed by atoms with Crippen molar-refractivity contribution in [3.63, 3.8) is 0 Å². The van der Waals surface area contributed by atoms with Gasteiger partial charge in [-0.3, -0.25) is 5.43 Å². The first-order chi connectivity index (χ1) is 9.44. The minimum Gasteiger partial charge on any atom is -0.443 e. The number of aromatic nitrogens is 1. The molecular weight excluding hydrogens is 250 g/mol. The fourth-order valence-corrected chi connectivity index (χ4v) is 2.81. The van der Waals surface area contributed by atoms with E-state index in [0.29, 0.717) is 6.04 Å². The van der Waals surface area contributed by atoms with Gasteiger partial charge in [-0.25, -0.2) is 9.99 Å². The first kappa shape index (κ1) is 15.3. The second-order valence-electron chi connectivity index (χ2n) is 6.25. The van der Waals surface area contributed by atoms with E-state index in [-0.39, 0.29) is 11.5 Å². The van der Waals surface area contributed by atoms with Gasteiger partial charge in [0.15, 0.2) is 0 Å². The number of hydrogen-bond acceptors (Lipinski definition) is 4. The van der Waals surface area contributed by atoms with Crippen LogP contribution in [-0.4, -0.2) is 23.1 Å². The first-order valence-corrected chi connectivity index (χ1v) is 7.62. The molecular formula is C16H27N3O. The quantitative estimate of drug-likeness (QED) is 0.852. The van der Waals surface area contributed by atoms with Crippen LogP contribution in [0.1, 0.15) is 64.4 Å². The summed E-state index contributed by atoms with van der Waals surface area (Å²) in [6.07, 6.45) is 6.30. The zero-order chi connectivity index (χ0) is 14.9. The lowest BCUT2D eigenvalue weighted by molar-refractivity contribution is 0.200. The van der Waals surface area contributed by atoms with E-state index in [9.17, 15) is 0 Å². The van der Waals surface area contributed by atoms with E-state index in [4.69, 9.17) is 4.42 Å². The van der Waals surface area contributed by atoms with Crippen LogP contribution >= 0.6 is 0 Å². The number of fused-ring (bicyclic) bond motifs is 1. The molecule has 1 fully saturated rings. The van der Waals surface area contributed by atoms with Crippen molar-refractivity contribution >= 4 is 6.08 Å². The first-order valence-electron chi connectivity index (χ1n) is 7.62. The summed E-state index contributed by atoms with van der Waals surface area (Å²) in [7, 11) is 2.05. The molecule has 1 N–H and O–H groups in total. The lowest BCUT2D eigenvalue weighted by atomic mass is 9.84. The second-order valence-corrected chi connectivity index (χ2v) is 6.25. The number of hydrazine groups is 1. The van der Waals surface area contributed by atoms with E-state index < -0.39 is 0 Å². The Balaban J connectivity index is 0.000000704. The molecule has 0 amide bonds. The number of hydrogen-bond donors (Lipinski definition) is 1. The molecule has 1 saturated heterocycles. The summed E-state index contributed by atoms with van der Waals surface area (Å²) in [5.74, 6) is 1.88. The zero-order valence-electron chi connectivity index (χ0n) is 13.5. The summed E-state index contributed by atoms with van der Waals surface area (Å²) in [6.45, 7) is 10.6. The third kappa shape index (κ3) is 2.96. The molecule has 2 atom stereocenters. The van der Waals surface area contributed by atoms with Crippen molar-refractivity contribution in [2.75, 3.05) is 7.05 Å². The molecule has 0 radical (unpaired) electrons. The fraction of sp³-hybridized carbons (Fsp3) is 0.688. The van der Waals surface area contributed by atoms with Crippen molar-refractivity contribution in [3.8, 4) is 0 Å². The Hall–Kier alpha value is -1.13. The molecule has 0 saturated carbocycles. The van der Waals surface area contributed by atoms with Crippen LogP contribution in [0.5, 0.6) is 0 Å². The predicted octanol–water partition coefficient (Wildman–Crippen LogP) is 3.57. The molecule has 1 aromatic heterocycles. The van der Waals surface area contributed by atoms with Gasteiger partial charge in [0.2, 0.25) is 5.89 Å². The van der Waals surface area contributed by atoms with Crippen LogP contribution in [0.2, 0.25) is 0 Å². The van der Waals surface area contributed by atoms with Crippen LogP contribution in [0.3, 0.4) is 0 Å². The maximum Gasteiger partial charge on any atom is 0.213 e. The lowest BCUT2D eigenvalue weighted by Crippen LogP contribution is -2.31. The highest BCUT2D eigenvalue weighted by Gasteiger charge is 2.33. The van der Waals surface area contributed by atoms with Gasteiger partial charge in [0, 0.05) is 19.5 Å². The van der Waals surface area contributed by atoms with Crippen molar-refractivity contribution < 1.29 is 4.42 Å². The van der Waals surface area contributed by atoms with E-state index in [0.717, 1.165) is 30.2 Å². The van der Waals surface area contributed by atoms with Gasteiger partial charge in [-0.1, -0.05) is 33.8 Å². The lowest BCUT2D eigenvalue weighted by Gasteiger charge is -2.21. The number of oxazole rings is 1. The Kier molecular flexibility index (Phi) is 4.35. The van der Waals surface area contributed by atoms with E-state index in [1.165, 1.54) is 0 Å². The molecule has 4 nitrogen and oxygen atoms in total. The predicted molar refractivity (Wildman–Crippen MR) is 82.1 cm³/mol. The summed E-state index contributed by atoms with van der Waals surface area (Å²) in [5.41, 5.74) is 4.57. The SMILES string of the molecule is CC.CC1CC(c2nc3c(o2)CC(C)(C)C=C3)N(C)N1. The molecule has 1 aromatic rings. The van der Waals surface area contributed by atoms with Gasteiger partial charge in [0.25, 0.3) is 0 Å². The maximum absolute atomic E-state index is 6.00. The zero-order valence-corrected chi connectivity index (χ0v) is 13.5. The van der Waals surface area contributed by atoms with E-state index >= 15 is 0 Å². The molecule has 2 heterocycles. The number of allylic oxidation sites excluding steroid dienone is 1. The van der Waals surface area contributed by atoms with E-state index in [2.05, 4.69) is 55.4 Å². The highest BCUT2D eigenvalue weighted by molar-refractivity contribution is 5.51. The third-order valence-corrected chi connectivity index (χ3v) is 3.81. The summed E-state index contributed by atoms with van der Waals surface area (Å²) in [6, 6.07) is 0.734. The van der Waals surface area contributed by atoms with Crippen molar-refractivity contribution in [1.29, 1.82) is 0 Å². The van der Waals surface area contributed by atoms with Gasteiger partial charge in [-0.05, 0) is 24.8 Å². The van der Waals surface area contributed by atoms with Crippen LogP contribution in [-0.2, 0) is 6.42 Å². The van der Waals surface area contributed by atoms with Crippen LogP contribution < -0.4 is 5.43 Å². The standard InChI is InChI=1S/C14H21N3O.C2H6/c1-9-7-11(17(4)16-9)13-15-10-5-6-14(2,3)8-12(10)18-13;1-2/h5-6,9,11,16H,7-8H2,1-4H3;1-2H3. The molecule has 2 aliphatic rings. The van der Waals surface area contributed by atoms with E-state index in [1.807, 2.05) is 13.8 Å². The van der Waals surface area contributed by atoms with Gasteiger partial charge in [-0.2, -0.15) is 0 Å². The summed E-state index contributed by atoms with van der Waals surface area (Å²) >= 11 is 0. The topological polar surface area (TPSA) is 41.3 Å². The van der Waals surface area contributed by atoms with E-state index in [1.54, 1.807) is 0 Å². The van der Waals surface area contributed by atoms with Crippen LogP contribution in [0.15, 0.2) is 10.5 Å². The van der Waals surface area contributed by atoms with Crippen LogP contribution in [0.25, 0.3) is 6.08 Å². The minimum atomic E-state index is 0.178. The average molecular weight is 277 g/mol. The second kappa shape index (κ2) is 5.70. The minimum absolute atomic E-state index is 0.178. The molecule has 20 heavy (non-hydrogen) atoms. The molecule has 3 rings (SSSR count).